The van der Waals surface area contributed by atoms with Gasteiger partial charge in [-0.15, -0.1) is 6.58 Å². The molecule has 5 nitrogen and oxygen atoms in total. The second-order valence-corrected chi connectivity index (χ2v) is 4.30. The summed E-state index contributed by atoms with van der Waals surface area (Å²) in [6, 6.07) is 0. The molecule has 0 rings (SSSR count). The summed E-state index contributed by atoms with van der Waals surface area (Å²) in [5.74, 6) is -0.336. The van der Waals surface area contributed by atoms with Crippen molar-refractivity contribution in [1.82, 2.24) is 0 Å². The third kappa shape index (κ3) is 5.72. The highest BCUT2D eigenvalue weighted by Crippen LogP contribution is 1.90. The van der Waals surface area contributed by atoms with E-state index in [0.717, 1.165) is 0 Å². The van der Waals surface area contributed by atoms with Gasteiger partial charge in [0.2, 0.25) is 0 Å². The zero-order chi connectivity index (χ0) is 9.61. The van der Waals surface area contributed by atoms with Crippen LogP contribution in [-0.2, 0) is 14.6 Å². The first-order valence-corrected chi connectivity index (χ1v) is 5.03. The van der Waals surface area contributed by atoms with Crippen molar-refractivity contribution in [3.05, 3.63) is 12.7 Å². The molecule has 0 aliphatic heterocycles. The lowest BCUT2D eigenvalue weighted by molar-refractivity contribution is 0.163. The lowest BCUT2D eigenvalue weighted by Crippen LogP contribution is -2.20. The van der Waals surface area contributed by atoms with Crippen LogP contribution in [0.25, 0.3) is 0 Å². The van der Waals surface area contributed by atoms with Crippen molar-refractivity contribution in [2.75, 3.05) is 18.1 Å². The zero-order valence-electron chi connectivity index (χ0n) is 6.52. The molecule has 0 unspecified atom stereocenters. The lowest BCUT2D eigenvalue weighted by atomic mass is 10.8. The van der Waals surface area contributed by atoms with Crippen LogP contribution in [0.3, 0.4) is 0 Å². The molecule has 0 atom stereocenters. The molecule has 0 spiro atoms. The minimum absolute atomic E-state index is 0.116. The topological polar surface area (TPSA) is 86.5 Å². The molecule has 0 aliphatic rings. The Balaban J connectivity index is 3.77. The quantitative estimate of drug-likeness (QED) is 0.606. The summed E-state index contributed by atoms with van der Waals surface area (Å²) in [7, 11) is -3.18. The number of ether oxygens (including phenoxy) is 1. The molecule has 0 fully saturated rings. The van der Waals surface area contributed by atoms with Gasteiger partial charge in [-0.1, -0.05) is 6.08 Å². The van der Waals surface area contributed by atoms with Gasteiger partial charge in [-0.2, -0.15) is 0 Å². The summed E-state index contributed by atoms with van der Waals surface area (Å²) < 4.78 is 26.1. The van der Waals surface area contributed by atoms with Gasteiger partial charge in [0.05, 0.1) is 11.5 Å². The Kier molecular flexibility index (Phi) is 4.35. The minimum atomic E-state index is -3.18. The van der Waals surface area contributed by atoms with Crippen molar-refractivity contribution in [2.24, 2.45) is 5.73 Å². The van der Waals surface area contributed by atoms with E-state index in [9.17, 15) is 13.2 Å². The molecule has 0 aromatic rings. The maximum absolute atomic E-state index is 10.9. The highest BCUT2D eigenvalue weighted by molar-refractivity contribution is 7.91. The second kappa shape index (κ2) is 4.76. The fraction of sp³-hybridized carbons (Fsp3) is 0.500. The van der Waals surface area contributed by atoms with Crippen LogP contribution in [0, 0.1) is 0 Å². The maximum atomic E-state index is 10.9. The zero-order valence-corrected chi connectivity index (χ0v) is 7.34. The first-order chi connectivity index (χ1) is 5.48. The Morgan fingerprint density at radius 1 is 1.58 bits per heavy atom. The van der Waals surface area contributed by atoms with Gasteiger partial charge in [0.25, 0.3) is 0 Å². The Morgan fingerprint density at radius 3 is 2.58 bits per heavy atom. The number of hydrogen-bond acceptors (Lipinski definition) is 4. The summed E-state index contributed by atoms with van der Waals surface area (Å²) in [6.07, 6.45) is 0.309. The predicted molar refractivity (Wildman–Crippen MR) is 44.4 cm³/mol. The number of primary amides is 1. The van der Waals surface area contributed by atoms with E-state index in [1.165, 1.54) is 6.08 Å². The molecule has 12 heavy (non-hydrogen) atoms. The summed E-state index contributed by atoms with van der Waals surface area (Å²) in [6.45, 7) is 3.07. The van der Waals surface area contributed by atoms with Gasteiger partial charge >= 0.3 is 6.09 Å². The number of hydrogen-bond donors (Lipinski definition) is 1. The van der Waals surface area contributed by atoms with Crippen LogP contribution in [0.5, 0.6) is 0 Å². The second-order valence-electron chi connectivity index (χ2n) is 2.07. The van der Waals surface area contributed by atoms with Crippen molar-refractivity contribution < 1.29 is 17.9 Å². The molecule has 0 saturated carbocycles. The fourth-order valence-electron chi connectivity index (χ4n) is 0.532. The molecule has 0 bridgehead atoms. The van der Waals surface area contributed by atoms with Crippen LogP contribution < -0.4 is 5.73 Å². The molecular formula is C6H11NO4S. The summed E-state index contributed by atoms with van der Waals surface area (Å²) >= 11 is 0. The summed E-state index contributed by atoms with van der Waals surface area (Å²) in [5, 5.41) is 0. The highest BCUT2D eigenvalue weighted by Gasteiger charge is 2.08. The van der Waals surface area contributed by atoms with E-state index in [-0.39, 0.29) is 18.1 Å². The van der Waals surface area contributed by atoms with Crippen LogP contribution in [0.15, 0.2) is 12.7 Å². The number of sulfone groups is 1. The first kappa shape index (κ1) is 11.0. The average molecular weight is 193 g/mol. The van der Waals surface area contributed by atoms with Crippen molar-refractivity contribution in [2.45, 2.75) is 0 Å². The Hall–Kier alpha value is -1.04. The molecule has 0 aromatic heterocycles. The van der Waals surface area contributed by atoms with Crippen molar-refractivity contribution in [1.29, 1.82) is 0 Å². The van der Waals surface area contributed by atoms with Gasteiger partial charge in [-0.3, -0.25) is 0 Å². The van der Waals surface area contributed by atoms with Crippen LogP contribution >= 0.6 is 0 Å². The SMILES string of the molecule is C=CCS(=O)(=O)CCOC(N)=O. The number of nitrogens with two attached hydrogens (primary N) is 1. The Bertz CT molecular complexity index is 257. The van der Waals surface area contributed by atoms with Crippen molar-refractivity contribution >= 4 is 15.9 Å². The van der Waals surface area contributed by atoms with E-state index >= 15 is 0 Å². The molecule has 1 amide bonds. The van der Waals surface area contributed by atoms with Crippen molar-refractivity contribution in [3.63, 3.8) is 0 Å². The largest absolute Gasteiger partial charge is 0.449 e. The van der Waals surface area contributed by atoms with Gasteiger partial charge in [0.1, 0.15) is 6.61 Å². The maximum Gasteiger partial charge on any atom is 0.404 e. The van der Waals surface area contributed by atoms with Crippen LogP contribution in [0.4, 0.5) is 4.79 Å². The van der Waals surface area contributed by atoms with E-state index < -0.39 is 15.9 Å². The Morgan fingerprint density at radius 2 is 2.17 bits per heavy atom. The third-order valence-corrected chi connectivity index (χ3v) is 2.54. The predicted octanol–water partition coefficient (Wildman–Crippen LogP) is -0.317. The number of carbonyl (C=O) groups is 1. The normalized spacial score (nSPS) is 10.7. The lowest BCUT2D eigenvalue weighted by Gasteiger charge is -2.00. The molecule has 6 heteroatoms. The van der Waals surface area contributed by atoms with Crippen molar-refractivity contribution in [3.8, 4) is 0 Å². The van der Waals surface area contributed by atoms with E-state index in [1.807, 2.05) is 0 Å². The van der Waals surface area contributed by atoms with E-state index in [0.29, 0.717) is 0 Å². The van der Waals surface area contributed by atoms with Gasteiger partial charge in [-0.25, -0.2) is 13.2 Å². The van der Waals surface area contributed by atoms with Gasteiger partial charge < -0.3 is 10.5 Å². The highest BCUT2D eigenvalue weighted by atomic mass is 32.2. The standard InChI is InChI=1S/C6H11NO4S/c1-2-4-12(9,10)5-3-11-6(7)8/h2H,1,3-5H2,(H2,7,8). The summed E-state index contributed by atoms with van der Waals surface area (Å²) in [5.41, 5.74) is 4.62. The monoisotopic (exact) mass is 193 g/mol. The van der Waals surface area contributed by atoms with E-state index in [2.05, 4.69) is 17.0 Å². The van der Waals surface area contributed by atoms with E-state index in [1.54, 1.807) is 0 Å². The fourth-order valence-corrected chi connectivity index (χ4v) is 1.40. The first-order valence-electron chi connectivity index (χ1n) is 3.21. The van der Waals surface area contributed by atoms with Crippen LogP contribution in [0.1, 0.15) is 0 Å². The number of carbonyl (C=O) groups excluding carboxylic acids is 1. The molecule has 0 heterocycles. The number of rotatable bonds is 5. The molecule has 0 aromatic carbocycles. The van der Waals surface area contributed by atoms with Gasteiger partial charge in [-0.05, 0) is 0 Å². The molecule has 70 valence electrons. The molecule has 0 saturated heterocycles. The smallest absolute Gasteiger partial charge is 0.404 e. The molecule has 0 radical (unpaired) electrons. The third-order valence-electron chi connectivity index (χ3n) is 1.01. The molecule has 2 N–H and O–H groups in total. The summed E-state index contributed by atoms with van der Waals surface area (Å²) in [4.78, 5) is 10.0. The van der Waals surface area contributed by atoms with Gasteiger partial charge in [0.15, 0.2) is 9.84 Å². The van der Waals surface area contributed by atoms with E-state index in [4.69, 9.17) is 0 Å². The number of amides is 1. The average Bonchev–Trinajstić information content (AvgIpc) is 1.85. The Labute approximate surface area is 71.1 Å². The molecular weight excluding hydrogens is 182 g/mol. The van der Waals surface area contributed by atoms with Crippen LogP contribution in [-0.4, -0.2) is 32.6 Å². The molecule has 0 aliphatic carbocycles. The minimum Gasteiger partial charge on any atom is -0.449 e. The van der Waals surface area contributed by atoms with Crippen LogP contribution in [0.2, 0.25) is 0 Å². The van der Waals surface area contributed by atoms with Gasteiger partial charge in [0, 0.05) is 0 Å².